The van der Waals surface area contributed by atoms with Crippen molar-refractivity contribution in [3.05, 3.63) is 55.3 Å². The molecule has 3 N–H and O–H groups in total. The van der Waals surface area contributed by atoms with E-state index in [0.717, 1.165) is 14.5 Å². The Morgan fingerprint density at radius 1 is 1.29 bits per heavy atom. The van der Waals surface area contributed by atoms with E-state index in [1.165, 1.54) is 12.1 Å². The highest BCUT2D eigenvalue weighted by atomic mass is 127. The lowest BCUT2D eigenvalue weighted by molar-refractivity contribution is 0.542. The van der Waals surface area contributed by atoms with Crippen molar-refractivity contribution in [2.75, 3.05) is 0 Å². The molecule has 0 aliphatic carbocycles. The molecule has 0 radical (unpaired) electrons. The largest absolute Gasteiger partial charge is 0.271 e. The van der Waals surface area contributed by atoms with Gasteiger partial charge in [0.25, 0.3) is 0 Å². The number of nitrogens with one attached hydrogen (secondary N) is 1. The molecule has 1 aromatic heterocycles. The maximum Gasteiger partial charge on any atom is 0.131 e. The van der Waals surface area contributed by atoms with E-state index in [9.17, 15) is 8.78 Å². The summed E-state index contributed by atoms with van der Waals surface area (Å²) in [6.45, 7) is 0. The first kappa shape index (κ1) is 12.9. The van der Waals surface area contributed by atoms with Crippen molar-refractivity contribution in [3.8, 4) is 0 Å². The molecule has 1 aromatic carbocycles. The second kappa shape index (κ2) is 5.38. The highest BCUT2D eigenvalue weighted by molar-refractivity contribution is 14.1. The second-order valence-electron chi connectivity index (χ2n) is 3.45. The SMILES string of the molecule is NNC(c1csc(I)c1)c1ccc(F)cc1F. The van der Waals surface area contributed by atoms with Crippen LogP contribution in [0.5, 0.6) is 0 Å². The molecule has 0 aliphatic heterocycles. The quantitative estimate of drug-likeness (QED) is 0.498. The van der Waals surface area contributed by atoms with Crippen molar-refractivity contribution in [2.24, 2.45) is 5.84 Å². The van der Waals surface area contributed by atoms with Crippen LogP contribution in [0.4, 0.5) is 8.78 Å². The topological polar surface area (TPSA) is 38.0 Å². The minimum Gasteiger partial charge on any atom is -0.271 e. The standard InChI is InChI=1S/C11H9F2IN2S/c12-7-1-2-8(9(13)4-7)11(16-15)6-3-10(14)17-5-6/h1-5,11,16H,15H2. The van der Waals surface area contributed by atoms with Crippen molar-refractivity contribution in [2.45, 2.75) is 6.04 Å². The molecule has 1 unspecified atom stereocenters. The van der Waals surface area contributed by atoms with Gasteiger partial charge in [-0.3, -0.25) is 5.84 Å². The molecule has 0 spiro atoms. The van der Waals surface area contributed by atoms with E-state index in [1.807, 2.05) is 11.4 Å². The summed E-state index contributed by atoms with van der Waals surface area (Å²) in [6, 6.07) is 4.94. The summed E-state index contributed by atoms with van der Waals surface area (Å²) in [5, 5.41) is 1.90. The highest BCUT2D eigenvalue weighted by Gasteiger charge is 2.18. The van der Waals surface area contributed by atoms with Crippen LogP contribution < -0.4 is 11.3 Å². The average molecular weight is 366 g/mol. The first-order valence-corrected chi connectivity index (χ1v) is 6.72. The van der Waals surface area contributed by atoms with Crippen molar-refractivity contribution >= 4 is 33.9 Å². The van der Waals surface area contributed by atoms with Crippen LogP contribution in [-0.4, -0.2) is 0 Å². The predicted molar refractivity (Wildman–Crippen MR) is 72.6 cm³/mol. The van der Waals surface area contributed by atoms with Gasteiger partial charge in [0.15, 0.2) is 0 Å². The number of nitrogens with two attached hydrogens (primary N) is 1. The molecule has 0 aliphatic rings. The Morgan fingerprint density at radius 3 is 2.59 bits per heavy atom. The van der Waals surface area contributed by atoms with E-state index >= 15 is 0 Å². The number of benzene rings is 1. The third kappa shape index (κ3) is 2.82. The van der Waals surface area contributed by atoms with Gasteiger partial charge in [0.2, 0.25) is 0 Å². The van der Waals surface area contributed by atoms with Crippen molar-refractivity contribution in [1.29, 1.82) is 0 Å². The van der Waals surface area contributed by atoms with Gasteiger partial charge in [-0.2, -0.15) is 0 Å². The van der Waals surface area contributed by atoms with E-state index in [-0.39, 0.29) is 0 Å². The van der Waals surface area contributed by atoms with E-state index in [1.54, 1.807) is 11.3 Å². The maximum atomic E-state index is 13.6. The lowest BCUT2D eigenvalue weighted by Crippen LogP contribution is -2.29. The van der Waals surface area contributed by atoms with Gasteiger partial charge in [-0.25, -0.2) is 14.2 Å². The minimum absolute atomic E-state index is 0.336. The van der Waals surface area contributed by atoms with Crippen LogP contribution in [0, 0.1) is 14.5 Å². The molecule has 90 valence electrons. The Balaban J connectivity index is 2.42. The lowest BCUT2D eigenvalue weighted by atomic mass is 10.0. The number of rotatable bonds is 3. The number of hydrogen-bond donors (Lipinski definition) is 2. The van der Waals surface area contributed by atoms with Crippen LogP contribution in [0.15, 0.2) is 29.6 Å². The summed E-state index contributed by atoms with van der Waals surface area (Å²) in [5.74, 6) is 4.25. The number of hydrazine groups is 1. The van der Waals surface area contributed by atoms with Gasteiger partial charge in [0.1, 0.15) is 11.6 Å². The van der Waals surface area contributed by atoms with Gasteiger partial charge in [0.05, 0.1) is 8.93 Å². The Morgan fingerprint density at radius 2 is 2.06 bits per heavy atom. The summed E-state index contributed by atoms with van der Waals surface area (Å²) in [6.07, 6.45) is 0. The van der Waals surface area contributed by atoms with Crippen LogP contribution in [0.2, 0.25) is 0 Å². The first-order chi connectivity index (χ1) is 8.11. The van der Waals surface area contributed by atoms with Gasteiger partial charge in [-0.1, -0.05) is 6.07 Å². The molecule has 1 heterocycles. The van der Waals surface area contributed by atoms with E-state index < -0.39 is 17.7 Å². The predicted octanol–water partition coefficient (Wildman–Crippen LogP) is 3.18. The molecular formula is C11H9F2IN2S. The third-order valence-corrected chi connectivity index (χ3v) is 4.17. The molecule has 2 aromatic rings. The van der Waals surface area contributed by atoms with Gasteiger partial charge in [-0.15, -0.1) is 11.3 Å². The molecule has 0 fully saturated rings. The van der Waals surface area contributed by atoms with Crippen molar-refractivity contribution in [1.82, 2.24) is 5.43 Å². The molecule has 2 rings (SSSR count). The van der Waals surface area contributed by atoms with Crippen molar-refractivity contribution < 1.29 is 8.78 Å². The molecule has 0 saturated carbocycles. The van der Waals surface area contributed by atoms with Gasteiger partial charge >= 0.3 is 0 Å². The molecule has 0 saturated heterocycles. The van der Waals surface area contributed by atoms with Crippen LogP contribution >= 0.6 is 33.9 Å². The van der Waals surface area contributed by atoms with Gasteiger partial charge < -0.3 is 0 Å². The summed E-state index contributed by atoms with van der Waals surface area (Å²) >= 11 is 3.73. The molecule has 0 amide bonds. The fraction of sp³-hybridized carbons (Fsp3) is 0.0909. The van der Waals surface area contributed by atoms with Crippen LogP contribution in [-0.2, 0) is 0 Å². The summed E-state index contributed by atoms with van der Waals surface area (Å²) in [7, 11) is 0. The second-order valence-corrected chi connectivity index (χ2v) is 6.26. The Labute approximate surface area is 115 Å². The average Bonchev–Trinajstić information content (AvgIpc) is 2.69. The Hall–Kier alpha value is -0.570. The van der Waals surface area contributed by atoms with Gasteiger partial charge in [-0.05, 0) is 45.7 Å². The Kier molecular flexibility index (Phi) is 4.08. The Bertz CT molecular complexity index is 530. The summed E-state index contributed by atoms with van der Waals surface area (Å²) in [4.78, 5) is 0. The number of thiophene rings is 1. The summed E-state index contributed by atoms with van der Waals surface area (Å²) < 4.78 is 27.6. The number of halogens is 3. The molecule has 17 heavy (non-hydrogen) atoms. The van der Waals surface area contributed by atoms with Crippen LogP contribution in [0.3, 0.4) is 0 Å². The smallest absolute Gasteiger partial charge is 0.131 e. The van der Waals surface area contributed by atoms with Crippen LogP contribution in [0.25, 0.3) is 0 Å². The minimum atomic E-state index is -0.603. The zero-order valence-electron chi connectivity index (χ0n) is 8.58. The maximum absolute atomic E-state index is 13.6. The lowest BCUT2D eigenvalue weighted by Gasteiger charge is -2.15. The molecule has 6 heteroatoms. The highest BCUT2D eigenvalue weighted by Crippen LogP contribution is 2.28. The van der Waals surface area contributed by atoms with E-state index in [0.29, 0.717) is 5.56 Å². The summed E-state index contributed by atoms with van der Waals surface area (Å²) in [5.41, 5.74) is 3.75. The molecule has 1 atom stereocenters. The van der Waals surface area contributed by atoms with E-state index in [2.05, 4.69) is 28.0 Å². The van der Waals surface area contributed by atoms with Crippen LogP contribution in [0.1, 0.15) is 17.2 Å². The fourth-order valence-electron chi connectivity index (χ4n) is 1.58. The first-order valence-electron chi connectivity index (χ1n) is 4.77. The molecule has 2 nitrogen and oxygen atoms in total. The zero-order chi connectivity index (χ0) is 12.4. The van der Waals surface area contributed by atoms with Gasteiger partial charge in [0, 0.05) is 11.6 Å². The number of hydrogen-bond acceptors (Lipinski definition) is 3. The monoisotopic (exact) mass is 366 g/mol. The third-order valence-electron chi connectivity index (χ3n) is 2.36. The molecular weight excluding hydrogens is 357 g/mol. The fourth-order valence-corrected chi connectivity index (χ4v) is 2.97. The molecule has 0 bridgehead atoms. The zero-order valence-corrected chi connectivity index (χ0v) is 11.6. The van der Waals surface area contributed by atoms with Crippen molar-refractivity contribution in [3.63, 3.8) is 0 Å². The normalized spacial score (nSPS) is 12.7. The van der Waals surface area contributed by atoms with E-state index in [4.69, 9.17) is 5.84 Å².